The zero-order valence-electron chi connectivity index (χ0n) is 16.0. The predicted octanol–water partition coefficient (Wildman–Crippen LogP) is 3.77. The Morgan fingerprint density at radius 2 is 2.00 bits per heavy atom. The lowest BCUT2D eigenvalue weighted by Gasteiger charge is -2.47. The summed E-state index contributed by atoms with van der Waals surface area (Å²) in [6, 6.07) is 3.43. The third kappa shape index (κ3) is 2.94. The fraction of sp³-hybridized carbons (Fsp3) is 0.429. The zero-order chi connectivity index (χ0) is 20.1. The summed E-state index contributed by atoms with van der Waals surface area (Å²) >= 11 is 0. The predicted molar refractivity (Wildman–Crippen MR) is 106 cm³/mol. The van der Waals surface area contributed by atoms with Crippen molar-refractivity contribution in [3.8, 4) is 11.4 Å². The van der Waals surface area contributed by atoms with E-state index in [1.807, 2.05) is 19.1 Å². The number of nitrogens with zero attached hydrogens (tertiary/aromatic N) is 3. The average molecular weight is 395 g/mol. The molecule has 0 amide bonds. The first-order chi connectivity index (χ1) is 14.0. The number of H-pyrrole nitrogens is 1. The monoisotopic (exact) mass is 395 g/mol. The van der Waals surface area contributed by atoms with Crippen LogP contribution in [0.1, 0.15) is 31.4 Å². The van der Waals surface area contributed by atoms with Crippen molar-refractivity contribution in [2.24, 2.45) is 17.8 Å². The Balaban J connectivity index is 1.53. The summed E-state index contributed by atoms with van der Waals surface area (Å²) in [5.41, 5.74) is 2.34. The summed E-state index contributed by atoms with van der Waals surface area (Å²) in [7, 11) is 0. The number of hydrogen-bond acceptors (Lipinski definition) is 5. The number of aliphatic carboxylic acids is 1. The Morgan fingerprint density at radius 3 is 2.76 bits per heavy atom. The molecule has 3 aliphatic carbocycles. The topological polar surface area (TPSA) is 104 Å². The van der Waals surface area contributed by atoms with Crippen LogP contribution in [0.15, 0.2) is 24.5 Å². The second-order valence-corrected chi connectivity index (χ2v) is 8.12. The molecule has 3 aromatic heterocycles. The maximum absolute atomic E-state index is 14.6. The maximum Gasteiger partial charge on any atom is 0.308 e. The largest absolute Gasteiger partial charge is 0.481 e. The van der Waals surface area contributed by atoms with E-state index >= 15 is 0 Å². The molecule has 150 valence electrons. The van der Waals surface area contributed by atoms with Crippen LogP contribution in [0.2, 0.25) is 0 Å². The highest BCUT2D eigenvalue weighted by Crippen LogP contribution is 2.46. The van der Waals surface area contributed by atoms with E-state index in [0.29, 0.717) is 5.82 Å². The molecule has 3 heterocycles. The van der Waals surface area contributed by atoms with Crippen LogP contribution in [0.3, 0.4) is 0 Å². The van der Waals surface area contributed by atoms with Gasteiger partial charge in [0.15, 0.2) is 17.5 Å². The fourth-order valence-corrected chi connectivity index (χ4v) is 5.20. The van der Waals surface area contributed by atoms with Crippen LogP contribution >= 0.6 is 0 Å². The molecule has 2 unspecified atom stereocenters. The normalized spacial score (nSPS) is 26.0. The minimum atomic E-state index is -0.815. The minimum absolute atomic E-state index is 0.0661. The molecule has 3 saturated carbocycles. The maximum atomic E-state index is 14.6. The highest BCUT2D eigenvalue weighted by atomic mass is 19.1. The van der Waals surface area contributed by atoms with Crippen molar-refractivity contribution < 1.29 is 14.3 Å². The zero-order valence-corrected chi connectivity index (χ0v) is 16.0. The van der Waals surface area contributed by atoms with Crippen molar-refractivity contribution in [3.63, 3.8) is 0 Å². The second kappa shape index (κ2) is 6.79. The van der Waals surface area contributed by atoms with Gasteiger partial charge in [0, 0.05) is 28.9 Å². The number of carbonyl (C=O) groups is 1. The first-order valence-electron chi connectivity index (χ1n) is 9.98. The van der Waals surface area contributed by atoms with E-state index in [2.05, 4.69) is 25.3 Å². The number of aryl methyl sites for hydroxylation is 1. The fourth-order valence-electron chi connectivity index (χ4n) is 5.20. The lowest BCUT2D eigenvalue weighted by Crippen LogP contribution is -2.51. The van der Waals surface area contributed by atoms with Gasteiger partial charge in [0.25, 0.3) is 0 Å². The third-order valence-electron chi connectivity index (χ3n) is 6.53. The van der Waals surface area contributed by atoms with Crippen LogP contribution in [-0.2, 0) is 4.79 Å². The van der Waals surface area contributed by atoms with Gasteiger partial charge in [0.05, 0.1) is 12.1 Å². The van der Waals surface area contributed by atoms with E-state index in [1.54, 1.807) is 6.20 Å². The third-order valence-corrected chi connectivity index (χ3v) is 6.53. The summed E-state index contributed by atoms with van der Waals surface area (Å²) in [6.45, 7) is 1.90. The summed E-state index contributed by atoms with van der Waals surface area (Å²) in [6.07, 6.45) is 6.65. The van der Waals surface area contributed by atoms with Crippen molar-refractivity contribution in [1.82, 2.24) is 19.9 Å². The first kappa shape index (κ1) is 18.0. The lowest BCUT2D eigenvalue weighted by atomic mass is 9.61. The van der Waals surface area contributed by atoms with Crippen LogP contribution < -0.4 is 5.32 Å². The van der Waals surface area contributed by atoms with Gasteiger partial charge in [0.2, 0.25) is 0 Å². The number of aromatic nitrogens is 4. The highest BCUT2D eigenvalue weighted by molar-refractivity contribution is 5.93. The van der Waals surface area contributed by atoms with Crippen molar-refractivity contribution in [3.05, 3.63) is 36.0 Å². The Labute approximate surface area is 166 Å². The Bertz CT molecular complexity index is 1090. The van der Waals surface area contributed by atoms with Gasteiger partial charge in [-0.05, 0) is 56.6 Å². The quantitative estimate of drug-likeness (QED) is 0.621. The van der Waals surface area contributed by atoms with Gasteiger partial charge in [-0.1, -0.05) is 0 Å². The number of aromatic amines is 1. The van der Waals surface area contributed by atoms with Gasteiger partial charge < -0.3 is 15.4 Å². The smallest absolute Gasteiger partial charge is 0.308 e. The highest BCUT2D eigenvalue weighted by Gasteiger charge is 2.47. The molecule has 0 saturated heterocycles. The Hall–Kier alpha value is -3.03. The second-order valence-electron chi connectivity index (χ2n) is 8.12. The number of hydrogen-bond donors (Lipinski definition) is 3. The van der Waals surface area contributed by atoms with Gasteiger partial charge in [0.1, 0.15) is 5.65 Å². The summed E-state index contributed by atoms with van der Waals surface area (Å²) in [5.74, 6) is -1.09. The van der Waals surface area contributed by atoms with Crippen molar-refractivity contribution >= 4 is 22.8 Å². The lowest BCUT2D eigenvalue weighted by molar-refractivity contribution is -0.148. The van der Waals surface area contributed by atoms with Gasteiger partial charge >= 0.3 is 5.97 Å². The van der Waals surface area contributed by atoms with Crippen molar-refractivity contribution in [2.75, 3.05) is 5.32 Å². The summed E-state index contributed by atoms with van der Waals surface area (Å²) in [4.78, 5) is 28.1. The van der Waals surface area contributed by atoms with Crippen LogP contribution in [0.5, 0.6) is 0 Å². The minimum Gasteiger partial charge on any atom is -0.481 e. The number of carboxylic acid groups (broad SMARTS) is 1. The van der Waals surface area contributed by atoms with Crippen LogP contribution in [0.4, 0.5) is 10.2 Å². The van der Waals surface area contributed by atoms with Gasteiger partial charge in [-0.25, -0.2) is 19.3 Å². The number of anilines is 1. The van der Waals surface area contributed by atoms with Gasteiger partial charge in [-0.15, -0.1) is 0 Å². The molecular formula is C21H22FN5O2. The van der Waals surface area contributed by atoms with E-state index in [-0.39, 0.29) is 23.7 Å². The number of halogens is 1. The van der Waals surface area contributed by atoms with E-state index in [4.69, 9.17) is 0 Å². The Morgan fingerprint density at radius 1 is 1.24 bits per heavy atom. The molecule has 3 aromatic rings. The molecule has 0 aromatic carbocycles. The molecule has 29 heavy (non-hydrogen) atoms. The number of rotatable bonds is 4. The van der Waals surface area contributed by atoms with E-state index < -0.39 is 17.7 Å². The van der Waals surface area contributed by atoms with Crippen LogP contribution in [0.25, 0.3) is 22.4 Å². The molecule has 3 aliphatic rings. The number of nitrogens with one attached hydrogen (secondary N) is 2. The van der Waals surface area contributed by atoms with E-state index in [9.17, 15) is 14.3 Å². The molecule has 0 aliphatic heterocycles. The SMILES string of the molecule is Cc1[nH]c2ncccc2c1-c1ncc(F)c(NC2C3CCC(CC3)C2C(=O)O)n1. The molecule has 3 N–H and O–H groups in total. The number of fused-ring (bicyclic) bond motifs is 4. The molecule has 2 atom stereocenters. The summed E-state index contributed by atoms with van der Waals surface area (Å²) in [5, 5.41) is 13.8. The first-order valence-corrected chi connectivity index (χ1v) is 9.98. The molecule has 7 nitrogen and oxygen atoms in total. The molecule has 2 bridgehead atoms. The van der Waals surface area contributed by atoms with E-state index in [1.165, 1.54) is 0 Å². The van der Waals surface area contributed by atoms with Crippen LogP contribution in [0, 0.1) is 30.5 Å². The standard InChI is InChI=1S/C21H22FN5O2/c1-10-15(13-3-2-8-23-18(13)25-10)20-24-9-14(22)19(27-20)26-17-12-6-4-11(5-7-12)16(17)21(28)29/h2-3,8-9,11-12,16-17H,4-7H2,1H3,(H,23,25)(H,28,29)(H,24,26,27). The van der Waals surface area contributed by atoms with Gasteiger partial charge in [-0.2, -0.15) is 0 Å². The molecule has 0 radical (unpaired) electrons. The summed E-state index contributed by atoms with van der Waals surface area (Å²) < 4.78 is 14.6. The van der Waals surface area contributed by atoms with E-state index in [0.717, 1.165) is 54.2 Å². The number of pyridine rings is 1. The molecule has 0 spiro atoms. The van der Waals surface area contributed by atoms with Crippen LogP contribution in [-0.4, -0.2) is 37.1 Å². The van der Waals surface area contributed by atoms with Crippen molar-refractivity contribution in [1.29, 1.82) is 0 Å². The number of carboxylic acids is 1. The van der Waals surface area contributed by atoms with Crippen molar-refractivity contribution in [2.45, 2.75) is 38.6 Å². The molecule has 8 heteroatoms. The average Bonchev–Trinajstić information content (AvgIpc) is 3.06. The molecular weight excluding hydrogens is 373 g/mol. The Kier molecular flexibility index (Phi) is 4.22. The molecule has 6 rings (SSSR count). The van der Waals surface area contributed by atoms with Gasteiger partial charge in [-0.3, -0.25) is 4.79 Å². The molecule has 3 fully saturated rings.